The third-order valence-electron chi connectivity index (χ3n) is 3.27. The van der Waals surface area contributed by atoms with Crippen LogP contribution in [0.2, 0.25) is 0 Å². The van der Waals surface area contributed by atoms with Crippen molar-refractivity contribution >= 4 is 11.5 Å². The lowest BCUT2D eigenvalue weighted by atomic mass is 10.0. The highest BCUT2D eigenvalue weighted by Gasteiger charge is 2.11. The minimum Gasteiger partial charge on any atom is -0.496 e. The maximum absolute atomic E-state index is 8.85. The van der Waals surface area contributed by atoms with E-state index in [1.165, 1.54) is 6.33 Å². The molecule has 0 bridgehead atoms. The van der Waals surface area contributed by atoms with Crippen LogP contribution < -0.4 is 10.1 Å². The van der Waals surface area contributed by atoms with Gasteiger partial charge in [-0.15, -0.1) is 0 Å². The molecule has 0 fully saturated rings. The summed E-state index contributed by atoms with van der Waals surface area (Å²) in [5, 5.41) is 12.1. The fraction of sp³-hybridized carbons (Fsp3) is 0.267. The number of aromatic nitrogens is 2. The van der Waals surface area contributed by atoms with Gasteiger partial charge in [0.2, 0.25) is 0 Å². The average molecular weight is 268 g/mol. The van der Waals surface area contributed by atoms with E-state index < -0.39 is 0 Å². The molecular formula is C15H16N4O. The van der Waals surface area contributed by atoms with E-state index in [1.807, 2.05) is 32.9 Å². The highest BCUT2D eigenvalue weighted by atomic mass is 16.5. The number of ether oxygens (including phenoxy) is 1. The van der Waals surface area contributed by atoms with Crippen LogP contribution in [0.3, 0.4) is 0 Å². The number of methoxy groups -OCH3 is 1. The van der Waals surface area contributed by atoms with Gasteiger partial charge in [-0.2, -0.15) is 5.26 Å². The van der Waals surface area contributed by atoms with Crippen molar-refractivity contribution in [3.8, 4) is 11.8 Å². The molecule has 2 aromatic rings. The van der Waals surface area contributed by atoms with Crippen molar-refractivity contribution in [2.75, 3.05) is 12.4 Å². The van der Waals surface area contributed by atoms with Crippen LogP contribution in [-0.2, 0) is 0 Å². The number of hydrogen-bond acceptors (Lipinski definition) is 5. The second kappa shape index (κ2) is 5.57. The molecule has 0 atom stereocenters. The summed E-state index contributed by atoms with van der Waals surface area (Å²) in [6, 6.07) is 5.63. The van der Waals surface area contributed by atoms with Crippen LogP contribution in [-0.4, -0.2) is 17.1 Å². The Labute approximate surface area is 118 Å². The third kappa shape index (κ3) is 2.54. The molecule has 1 N–H and O–H groups in total. The molecule has 5 heteroatoms. The summed E-state index contributed by atoms with van der Waals surface area (Å²) in [4.78, 5) is 7.97. The van der Waals surface area contributed by atoms with Crippen LogP contribution in [0, 0.1) is 32.1 Å². The Balaban J connectivity index is 2.42. The largest absolute Gasteiger partial charge is 0.496 e. The van der Waals surface area contributed by atoms with Crippen molar-refractivity contribution in [3.05, 3.63) is 40.8 Å². The number of rotatable bonds is 3. The number of nitrogens with one attached hydrogen (secondary N) is 1. The van der Waals surface area contributed by atoms with Crippen molar-refractivity contribution in [2.24, 2.45) is 0 Å². The summed E-state index contributed by atoms with van der Waals surface area (Å²) in [5.41, 5.74) is 4.51. The molecule has 102 valence electrons. The number of benzene rings is 1. The lowest BCUT2D eigenvalue weighted by Gasteiger charge is -2.16. The molecule has 0 aliphatic heterocycles. The Morgan fingerprint density at radius 2 is 1.90 bits per heavy atom. The summed E-state index contributed by atoms with van der Waals surface area (Å²) in [5.74, 6) is 1.50. The zero-order valence-electron chi connectivity index (χ0n) is 12.0. The smallest absolute Gasteiger partial charge is 0.145 e. The number of nitriles is 1. The van der Waals surface area contributed by atoms with E-state index in [4.69, 9.17) is 10.00 Å². The SMILES string of the molecule is COc1c(C)cc(Nc2cc(C#N)ncn2)c(C)c1C. The van der Waals surface area contributed by atoms with Gasteiger partial charge in [0.1, 0.15) is 29.7 Å². The molecule has 20 heavy (non-hydrogen) atoms. The van der Waals surface area contributed by atoms with Gasteiger partial charge in [0, 0.05) is 11.8 Å². The van der Waals surface area contributed by atoms with E-state index >= 15 is 0 Å². The highest BCUT2D eigenvalue weighted by Crippen LogP contribution is 2.32. The van der Waals surface area contributed by atoms with E-state index in [1.54, 1.807) is 13.2 Å². The van der Waals surface area contributed by atoms with Crippen LogP contribution >= 0.6 is 0 Å². The van der Waals surface area contributed by atoms with Gasteiger partial charge in [-0.1, -0.05) is 0 Å². The first-order valence-corrected chi connectivity index (χ1v) is 6.20. The molecule has 2 rings (SSSR count). The average Bonchev–Trinajstić information content (AvgIpc) is 2.45. The molecule has 1 aromatic carbocycles. The summed E-state index contributed by atoms with van der Waals surface area (Å²) < 4.78 is 5.40. The summed E-state index contributed by atoms with van der Waals surface area (Å²) in [7, 11) is 1.67. The van der Waals surface area contributed by atoms with E-state index in [2.05, 4.69) is 15.3 Å². The van der Waals surface area contributed by atoms with Gasteiger partial charge in [0.15, 0.2) is 0 Å². The van der Waals surface area contributed by atoms with Gasteiger partial charge in [-0.3, -0.25) is 0 Å². The Kier molecular flexibility index (Phi) is 3.85. The van der Waals surface area contributed by atoms with Gasteiger partial charge < -0.3 is 10.1 Å². The Morgan fingerprint density at radius 1 is 1.15 bits per heavy atom. The van der Waals surface area contributed by atoms with E-state index in [0.29, 0.717) is 11.5 Å². The first-order chi connectivity index (χ1) is 9.56. The quantitative estimate of drug-likeness (QED) is 0.926. The number of aryl methyl sites for hydroxylation is 1. The van der Waals surface area contributed by atoms with E-state index in [0.717, 1.165) is 28.1 Å². The molecule has 0 saturated heterocycles. The second-order valence-corrected chi connectivity index (χ2v) is 4.55. The first kappa shape index (κ1) is 13.8. The van der Waals surface area contributed by atoms with Crippen LogP contribution in [0.1, 0.15) is 22.4 Å². The lowest BCUT2D eigenvalue weighted by molar-refractivity contribution is 0.408. The van der Waals surface area contributed by atoms with Crippen molar-refractivity contribution in [2.45, 2.75) is 20.8 Å². The summed E-state index contributed by atoms with van der Waals surface area (Å²) in [6.45, 7) is 6.04. The van der Waals surface area contributed by atoms with E-state index in [9.17, 15) is 0 Å². The minimum absolute atomic E-state index is 0.335. The second-order valence-electron chi connectivity index (χ2n) is 4.55. The molecule has 1 heterocycles. The predicted molar refractivity (Wildman–Crippen MR) is 77.2 cm³/mol. The van der Waals surface area contributed by atoms with Crippen LogP contribution in [0.4, 0.5) is 11.5 Å². The molecule has 0 unspecified atom stereocenters. The fourth-order valence-corrected chi connectivity index (χ4v) is 2.13. The molecule has 0 saturated carbocycles. The summed E-state index contributed by atoms with van der Waals surface area (Å²) in [6.07, 6.45) is 1.37. The monoisotopic (exact) mass is 268 g/mol. The van der Waals surface area contributed by atoms with Crippen LogP contribution in [0.15, 0.2) is 18.5 Å². The topological polar surface area (TPSA) is 70.8 Å². The number of anilines is 2. The van der Waals surface area contributed by atoms with Crippen LogP contribution in [0.25, 0.3) is 0 Å². The minimum atomic E-state index is 0.335. The molecule has 0 aliphatic carbocycles. The maximum atomic E-state index is 8.85. The Bertz CT molecular complexity index is 689. The van der Waals surface area contributed by atoms with E-state index in [-0.39, 0.29) is 0 Å². The Hall–Kier alpha value is -2.61. The number of nitrogens with zero attached hydrogens (tertiary/aromatic N) is 3. The highest BCUT2D eigenvalue weighted by molar-refractivity contribution is 5.66. The first-order valence-electron chi connectivity index (χ1n) is 6.20. The third-order valence-corrected chi connectivity index (χ3v) is 3.27. The summed E-state index contributed by atoms with van der Waals surface area (Å²) >= 11 is 0. The predicted octanol–water partition coefficient (Wildman–Crippen LogP) is 3.03. The van der Waals surface area contributed by atoms with Gasteiger partial charge in [-0.25, -0.2) is 9.97 Å². The Morgan fingerprint density at radius 3 is 2.55 bits per heavy atom. The van der Waals surface area contributed by atoms with Gasteiger partial charge in [0.05, 0.1) is 7.11 Å². The molecule has 0 radical (unpaired) electrons. The normalized spacial score (nSPS) is 9.95. The zero-order chi connectivity index (χ0) is 14.7. The molecule has 0 amide bonds. The molecule has 1 aromatic heterocycles. The van der Waals surface area contributed by atoms with Crippen molar-refractivity contribution in [1.29, 1.82) is 5.26 Å². The lowest BCUT2D eigenvalue weighted by Crippen LogP contribution is -2.01. The standard InChI is InChI=1S/C15H16N4O/c1-9-5-13(10(2)11(3)15(9)20-4)19-14-6-12(7-16)17-8-18-14/h5-6,8H,1-4H3,(H,17,18,19). The van der Waals surface area contributed by atoms with Gasteiger partial charge in [-0.05, 0) is 43.5 Å². The van der Waals surface area contributed by atoms with Gasteiger partial charge in [0.25, 0.3) is 0 Å². The van der Waals surface area contributed by atoms with Crippen LogP contribution in [0.5, 0.6) is 5.75 Å². The van der Waals surface area contributed by atoms with Gasteiger partial charge >= 0.3 is 0 Å². The molecular weight excluding hydrogens is 252 g/mol. The van der Waals surface area contributed by atoms with Crippen molar-refractivity contribution in [1.82, 2.24) is 9.97 Å². The number of hydrogen-bond donors (Lipinski definition) is 1. The molecule has 0 aliphatic rings. The zero-order valence-corrected chi connectivity index (χ0v) is 12.0. The molecule has 0 spiro atoms. The van der Waals surface area contributed by atoms with Crippen molar-refractivity contribution in [3.63, 3.8) is 0 Å². The maximum Gasteiger partial charge on any atom is 0.145 e. The fourth-order valence-electron chi connectivity index (χ4n) is 2.13. The van der Waals surface area contributed by atoms with Crippen molar-refractivity contribution < 1.29 is 4.74 Å². The molecule has 5 nitrogen and oxygen atoms in total.